The van der Waals surface area contributed by atoms with Gasteiger partial charge in [-0.25, -0.2) is 4.98 Å². The first kappa shape index (κ1) is 18.9. The van der Waals surface area contributed by atoms with Crippen molar-refractivity contribution in [2.24, 2.45) is 5.73 Å². The number of carbonyl (C=O) groups excluding carboxylic acids is 1. The van der Waals surface area contributed by atoms with Gasteiger partial charge in [0.1, 0.15) is 0 Å². The highest BCUT2D eigenvalue weighted by atomic mass is 16.1. The molecule has 0 aliphatic heterocycles. The predicted octanol–water partition coefficient (Wildman–Crippen LogP) is 3.47. The highest BCUT2D eigenvalue weighted by Crippen LogP contribution is 2.26. The summed E-state index contributed by atoms with van der Waals surface area (Å²) in [6.07, 6.45) is 2.20. The van der Waals surface area contributed by atoms with E-state index in [-0.39, 0.29) is 5.91 Å². The number of nitrogens with two attached hydrogens (primary N) is 1. The summed E-state index contributed by atoms with van der Waals surface area (Å²) in [5.74, 6) is -0.0907. The second-order valence-electron chi connectivity index (χ2n) is 6.93. The molecule has 6 nitrogen and oxygen atoms in total. The van der Waals surface area contributed by atoms with Crippen LogP contribution in [-0.2, 0) is 11.3 Å². The van der Waals surface area contributed by atoms with E-state index in [0.717, 1.165) is 28.4 Å². The summed E-state index contributed by atoms with van der Waals surface area (Å²) < 4.78 is 2.01. The number of imidazole rings is 1. The fraction of sp³-hybridized carbons (Fsp3) is 0.333. The summed E-state index contributed by atoms with van der Waals surface area (Å²) in [6, 6.07) is 8.24. The fourth-order valence-electron chi connectivity index (χ4n) is 3.24. The van der Waals surface area contributed by atoms with Gasteiger partial charge in [-0.1, -0.05) is 18.2 Å². The molecule has 2 aromatic heterocycles. The van der Waals surface area contributed by atoms with E-state index in [1.54, 1.807) is 0 Å². The predicted molar refractivity (Wildman–Crippen MR) is 110 cm³/mol. The number of carbonyl (C=O) groups is 1. The van der Waals surface area contributed by atoms with Crippen LogP contribution in [0.2, 0.25) is 0 Å². The smallest absolute Gasteiger partial charge is 0.225 e. The van der Waals surface area contributed by atoms with Gasteiger partial charge in [-0.2, -0.15) is 0 Å². The zero-order valence-electron chi connectivity index (χ0n) is 16.4. The molecule has 6 heteroatoms. The molecule has 0 atom stereocenters. The number of aryl methyl sites for hydroxylation is 4. The third kappa shape index (κ3) is 3.95. The average Bonchev–Trinajstić information content (AvgIpc) is 2.90. The van der Waals surface area contributed by atoms with Crippen molar-refractivity contribution in [3.05, 3.63) is 58.5 Å². The van der Waals surface area contributed by atoms with Gasteiger partial charge < -0.3 is 20.8 Å². The topological polar surface area (TPSA) is 84.4 Å². The molecule has 3 rings (SSSR count). The minimum Gasteiger partial charge on any atom is -0.378 e. The molecular weight excluding hydrogens is 338 g/mol. The van der Waals surface area contributed by atoms with Crippen molar-refractivity contribution in [2.45, 2.75) is 40.7 Å². The Labute approximate surface area is 159 Å². The summed E-state index contributed by atoms with van der Waals surface area (Å²) >= 11 is 0. The molecule has 0 saturated carbocycles. The lowest BCUT2D eigenvalue weighted by molar-refractivity contribution is -0.116. The molecule has 0 aliphatic carbocycles. The van der Waals surface area contributed by atoms with Crippen LogP contribution >= 0.6 is 0 Å². The number of fused-ring (bicyclic) bond motifs is 1. The standard InChI is InChI=1S/C21H27N5O/c1-13-6-5-7-14(2)18(13)11-23-19-10-17(25-20(27)8-9-22)12-26-16(4)15(3)24-21(19)26/h5-7,10,12,23H,8-9,11,22H2,1-4H3,(H,25,27). The summed E-state index contributed by atoms with van der Waals surface area (Å²) in [7, 11) is 0. The van der Waals surface area contributed by atoms with Gasteiger partial charge in [-0.3, -0.25) is 4.79 Å². The molecule has 4 N–H and O–H groups in total. The minimum absolute atomic E-state index is 0.0907. The molecule has 0 bridgehead atoms. The lowest BCUT2D eigenvalue weighted by atomic mass is 10.0. The molecular formula is C21H27N5O. The highest BCUT2D eigenvalue weighted by Gasteiger charge is 2.13. The van der Waals surface area contributed by atoms with Crippen LogP contribution in [0.3, 0.4) is 0 Å². The van der Waals surface area contributed by atoms with Gasteiger partial charge in [-0.05, 0) is 50.5 Å². The number of rotatable bonds is 6. The van der Waals surface area contributed by atoms with E-state index < -0.39 is 0 Å². The Kier molecular flexibility index (Phi) is 5.46. The third-order valence-electron chi connectivity index (χ3n) is 4.95. The number of hydrogen-bond donors (Lipinski definition) is 3. The minimum atomic E-state index is -0.0907. The van der Waals surface area contributed by atoms with Crippen molar-refractivity contribution in [1.82, 2.24) is 9.38 Å². The molecule has 0 aliphatic rings. The van der Waals surface area contributed by atoms with Crippen molar-refractivity contribution in [3.8, 4) is 0 Å². The Balaban J connectivity index is 1.97. The van der Waals surface area contributed by atoms with Crippen molar-refractivity contribution in [3.63, 3.8) is 0 Å². The van der Waals surface area contributed by atoms with Gasteiger partial charge in [0.15, 0.2) is 5.65 Å². The lowest BCUT2D eigenvalue weighted by Crippen LogP contribution is -2.16. The van der Waals surface area contributed by atoms with Gasteiger partial charge in [0, 0.05) is 31.4 Å². The maximum Gasteiger partial charge on any atom is 0.225 e. The quantitative estimate of drug-likeness (QED) is 0.624. The van der Waals surface area contributed by atoms with Crippen LogP contribution < -0.4 is 16.4 Å². The molecule has 0 saturated heterocycles. The first-order valence-electron chi connectivity index (χ1n) is 9.19. The first-order chi connectivity index (χ1) is 12.9. The molecule has 1 aromatic carbocycles. The van der Waals surface area contributed by atoms with Crippen LogP contribution in [0.1, 0.15) is 34.5 Å². The monoisotopic (exact) mass is 365 g/mol. The van der Waals surface area contributed by atoms with E-state index >= 15 is 0 Å². The number of aromatic nitrogens is 2. The molecule has 142 valence electrons. The van der Waals surface area contributed by atoms with Crippen LogP contribution in [0.4, 0.5) is 11.4 Å². The van der Waals surface area contributed by atoms with E-state index in [1.807, 2.05) is 30.5 Å². The molecule has 2 heterocycles. The first-order valence-corrected chi connectivity index (χ1v) is 9.19. The molecule has 1 amide bonds. The number of nitrogens with zero attached hydrogens (tertiary/aromatic N) is 2. The third-order valence-corrected chi connectivity index (χ3v) is 4.95. The summed E-state index contributed by atoms with van der Waals surface area (Å²) in [6.45, 7) is 9.27. The largest absolute Gasteiger partial charge is 0.378 e. The van der Waals surface area contributed by atoms with Crippen molar-refractivity contribution >= 4 is 22.9 Å². The molecule has 27 heavy (non-hydrogen) atoms. The molecule has 0 radical (unpaired) electrons. The molecule has 0 spiro atoms. The van der Waals surface area contributed by atoms with Crippen molar-refractivity contribution in [1.29, 1.82) is 0 Å². The number of benzene rings is 1. The number of pyridine rings is 1. The summed E-state index contributed by atoms with van der Waals surface area (Å²) in [5.41, 5.74) is 13.7. The van der Waals surface area contributed by atoms with Gasteiger partial charge in [0.05, 0.1) is 17.1 Å². The van der Waals surface area contributed by atoms with Crippen LogP contribution in [-0.4, -0.2) is 21.8 Å². The zero-order chi connectivity index (χ0) is 19.6. The zero-order valence-corrected chi connectivity index (χ0v) is 16.4. The second kappa shape index (κ2) is 7.80. The van der Waals surface area contributed by atoms with Crippen LogP contribution in [0.25, 0.3) is 5.65 Å². The highest BCUT2D eigenvalue weighted by molar-refractivity contribution is 5.92. The summed E-state index contributed by atoms with van der Waals surface area (Å²) in [5, 5.41) is 6.44. The Morgan fingerprint density at radius 1 is 1.19 bits per heavy atom. The molecule has 0 fully saturated rings. The van der Waals surface area contributed by atoms with Crippen LogP contribution in [0, 0.1) is 27.7 Å². The van der Waals surface area contributed by atoms with E-state index in [2.05, 4.69) is 42.7 Å². The Hall–Kier alpha value is -2.86. The number of anilines is 2. The van der Waals surface area contributed by atoms with Crippen LogP contribution in [0.5, 0.6) is 0 Å². The van der Waals surface area contributed by atoms with E-state index in [4.69, 9.17) is 10.7 Å². The Bertz CT molecular complexity index is 970. The van der Waals surface area contributed by atoms with Gasteiger partial charge in [-0.15, -0.1) is 0 Å². The summed E-state index contributed by atoms with van der Waals surface area (Å²) in [4.78, 5) is 16.7. The number of nitrogens with one attached hydrogen (secondary N) is 2. The van der Waals surface area contributed by atoms with Gasteiger partial charge in [0.25, 0.3) is 0 Å². The van der Waals surface area contributed by atoms with Crippen LogP contribution in [0.15, 0.2) is 30.5 Å². The second-order valence-corrected chi connectivity index (χ2v) is 6.93. The lowest BCUT2D eigenvalue weighted by Gasteiger charge is -2.14. The molecule has 3 aromatic rings. The normalized spacial score (nSPS) is 11.0. The van der Waals surface area contributed by atoms with E-state index in [0.29, 0.717) is 19.5 Å². The van der Waals surface area contributed by atoms with Crippen molar-refractivity contribution < 1.29 is 4.79 Å². The van der Waals surface area contributed by atoms with Crippen molar-refractivity contribution in [2.75, 3.05) is 17.2 Å². The van der Waals surface area contributed by atoms with E-state index in [9.17, 15) is 4.79 Å². The van der Waals surface area contributed by atoms with Gasteiger partial charge in [0.2, 0.25) is 5.91 Å². The number of hydrogen-bond acceptors (Lipinski definition) is 4. The SMILES string of the molecule is Cc1cccc(C)c1CNc1cc(NC(=O)CCN)cn2c(C)c(C)nc12. The van der Waals surface area contributed by atoms with E-state index in [1.165, 1.54) is 16.7 Å². The molecule has 0 unspecified atom stereocenters. The van der Waals surface area contributed by atoms with Gasteiger partial charge >= 0.3 is 0 Å². The fourth-order valence-corrected chi connectivity index (χ4v) is 3.24. The number of amides is 1. The Morgan fingerprint density at radius 3 is 2.56 bits per heavy atom. The maximum atomic E-state index is 12.0. The average molecular weight is 365 g/mol. The Morgan fingerprint density at radius 2 is 1.89 bits per heavy atom. The maximum absolute atomic E-state index is 12.0.